The Labute approximate surface area is 104 Å². The van der Waals surface area contributed by atoms with Crippen LogP contribution in [0.2, 0.25) is 0 Å². The van der Waals surface area contributed by atoms with Crippen molar-refractivity contribution < 1.29 is 4.74 Å². The summed E-state index contributed by atoms with van der Waals surface area (Å²) in [4.78, 5) is 6.54. The van der Waals surface area contributed by atoms with E-state index in [-0.39, 0.29) is 6.04 Å². The molecule has 0 saturated carbocycles. The van der Waals surface area contributed by atoms with Crippen molar-refractivity contribution in [2.75, 3.05) is 26.2 Å². The number of hydrogen-bond acceptors (Lipinski definition) is 4. The van der Waals surface area contributed by atoms with Crippen molar-refractivity contribution in [3.63, 3.8) is 0 Å². The van der Waals surface area contributed by atoms with Crippen LogP contribution in [0.3, 0.4) is 0 Å². The smallest absolute Gasteiger partial charge is 0.218 e. The van der Waals surface area contributed by atoms with Crippen LogP contribution >= 0.6 is 0 Å². The highest BCUT2D eigenvalue weighted by atomic mass is 16.5. The molecule has 1 aromatic rings. The van der Waals surface area contributed by atoms with Gasteiger partial charge in [-0.25, -0.2) is 4.98 Å². The Morgan fingerprint density at radius 2 is 2.12 bits per heavy atom. The van der Waals surface area contributed by atoms with E-state index in [0.717, 1.165) is 25.2 Å². The summed E-state index contributed by atoms with van der Waals surface area (Å²) in [5.74, 6) is 0.662. The van der Waals surface area contributed by atoms with Gasteiger partial charge in [-0.3, -0.25) is 0 Å². The topological polar surface area (TPSA) is 51.4 Å². The lowest BCUT2D eigenvalue weighted by Crippen LogP contribution is -2.28. The lowest BCUT2D eigenvalue weighted by molar-refractivity contribution is 0.216. The number of hydrogen-bond donors (Lipinski definition) is 1. The standard InChI is InChI=1S/C13H23N3O/c1-4-16(5-2)9-10-17-13-12(11(3)14)7-6-8-15-13/h6-8,11H,4-5,9-10,14H2,1-3H3/t11-/m0/s1. The Hall–Kier alpha value is -1.13. The highest BCUT2D eigenvalue weighted by molar-refractivity contribution is 5.28. The van der Waals surface area contributed by atoms with Crippen LogP contribution < -0.4 is 10.5 Å². The Morgan fingerprint density at radius 1 is 1.41 bits per heavy atom. The van der Waals surface area contributed by atoms with E-state index in [1.165, 1.54) is 0 Å². The van der Waals surface area contributed by atoms with Crippen LogP contribution in [0.5, 0.6) is 5.88 Å². The van der Waals surface area contributed by atoms with Crippen molar-refractivity contribution >= 4 is 0 Å². The second kappa shape index (κ2) is 7.25. The van der Waals surface area contributed by atoms with Crippen LogP contribution in [0.4, 0.5) is 0 Å². The highest BCUT2D eigenvalue weighted by Crippen LogP contribution is 2.19. The molecule has 4 nitrogen and oxygen atoms in total. The summed E-state index contributed by atoms with van der Waals surface area (Å²) in [7, 11) is 0. The van der Waals surface area contributed by atoms with Gasteiger partial charge in [0.15, 0.2) is 0 Å². The van der Waals surface area contributed by atoms with Gasteiger partial charge in [0.25, 0.3) is 0 Å². The third kappa shape index (κ3) is 4.32. The first-order chi connectivity index (χ1) is 8.19. The zero-order valence-corrected chi connectivity index (χ0v) is 11.0. The minimum absolute atomic E-state index is 0.0489. The van der Waals surface area contributed by atoms with Gasteiger partial charge in [0.05, 0.1) is 0 Å². The van der Waals surface area contributed by atoms with Gasteiger partial charge in [0.2, 0.25) is 5.88 Å². The molecule has 0 aliphatic heterocycles. The van der Waals surface area contributed by atoms with Gasteiger partial charge in [-0.1, -0.05) is 19.9 Å². The number of rotatable bonds is 7. The van der Waals surface area contributed by atoms with E-state index in [9.17, 15) is 0 Å². The third-order valence-electron chi connectivity index (χ3n) is 2.83. The summed E-state index contributed by atoms with van der Waals surface area (Å²) in [6.45, 7) is 9.90. The van der Waals surface area contributed by atoms with E-state index >= 15 is 0 Å². The van der Waals surface area contributed by atoms with Crippen LogP contribution in [-0.2, 0) is 0 Å². The molecule has 17 heavy (non-hydrogen) atoms. The molecule has 0 spiro atoms. The molecule has 0 unspecified atom stereocenters. The number of aromatic nitrogens is 1. The number of pyridine rings is 1. The summed E-state index contributed by atoms with van der Waals surface area (Å²) >= 11 is 0. The van der Waals surface area contributed by atoms with Crippen LogP contribution in [0, 0.1) is 0 Å². The van der Waals surface area contributed by atoms with Gasteiger partial charge in [-0.05, 0) is 26.1 Å². The zero-order valence-electron chi connectivity index (χ0n) is 11.0. The van der Waals surface area contributed by atoms with Gasteiger partial charge in [0.1, 0.15) is 6.61 Å². The minimum atomic E-state index is -0.0489. The summed E-state index contributed by atoms with van der Waals surface area (Å²) in [6.07, 6.45) is 1.73. The van der Waals surface area contributed by atoms with Crippen molar-refractivity contribution in [2.45, 2.75) is 26.8 Å². The minimum Gasteiger partial charge on any atom is -0.476 e. The molecule has 0 fully saturated rings. The lowest BCUT2D eigenvalue weighted by atomic mass is 10.1. The summed E-state index contributed by atoms with van der Waals surface area (Å²) in [5, 5.41) is 0. The Kier molecular flexibility index (Phi) is 5.94. The summed E-state index contributed by atoms with van der Waals surface area (Å²) in [6, 6.07) is 3.80. The molecule has 2 N–H and O–H groups in total. The maximum atomic E-state index is 5.87. The number of nitrogens with zero attached hydrogens (tertiary/aromatic N) is 2. The average molecular weight is 237 g/mol. The first kappa shape index (κ1) is 13.9. The van der Waals surface area contributed by atoms with E-state index < -0.39 is 0 Å². The molecule has 0 aromatic carbocycles. The molecule has 96 valence electrons. The van der Waals surface area contributed by atoms with Gasteiger partial charge >= 0.3 is 0 Å². The molecule has 1 rings (SSSR count). The van der Waals surface area contributed by atoms with Crippen LogP contribution in [0.1, 0.15) is 32.4 Å². The molecule has 0 bridgehead atoms. The molecule has 4 heteroatoms. The molecule has 0 amide bonds. The second-order valence-electron chi connectivity index (χ2n) is 4.06. The van der Waals surface area contributed by atoms with E-state index in [0.29, 0.717) is 12.5 Å². The van der Waals surface area contributed by atoms with Crippen molar-refractivity contribution in [1.82, 2.24) is 9.88 Å². The first-order valence-electron chi connectivity index (χ1n) is 6.24. The molecule has 0 saturated heterocycles. The SMILES string of the molecule is CCN(CC)CCOc1ncccc1[C@H](C)N. The maximum Gasteiger partial charge on any atom is 0.218 e. The molecule has 1 aromatic heterocycles. The van der Waals surface area contributed by atoms with Crippen molar-refractivity contribution in [1.29, 1.82) is 0 Å². The van der Waals surface area contributed by atoms with E-state index in [1.54, 1.807) is 6.20 Å². The van der Waals surface area contributed by atoms with E-state index in [4.69, 9.17) is 10.5 Å². The quantitative estimate of drug-likeness (QED) is 0.786. The van der Waals surface area contributed by atoms with Crippen molar-refractivity contribution in [3.8, 4) is 5.88 Å². The normalized spacial score (nSPS) is 12.8. The number of nitrogens with two attached hydrogens (primary N) is 1. The fourth-order valence-corrected chi connectivity index (χ4v) is 1.68. The van der Waals surface area contributed by atoms with Gasteiger partial charge in [-0.2, -0.15) is 0 Å². The average Bonchev–Trinajstić information content (AvgIpc) is 2.35. The van der Waals surface area contributed by atoms with Gasteiger partial charge in [-0.15, -0.1) is 0 Å². The molecule has 0 aliphatic rings. The zero-order chi connectivity index (χ0) is 12.7. The maximum absolute atomic E-state index is 5.87. The van der Waals surface area contributed by atoms with E-state index in [1.807, 2.05) is 19.1 Å². The molecule has 1 heterocycles. The molecule has 1 atom stereocenters. The second-order valence-corrected chi connectivity index (χ2v) is 4.06. The lowest BCUT2D eigenvalue weighted by Gasteiger charge is -2.18. The number of likely N-dealkylation sites (N-methyl/N-ethyl adjacent to an activating group) is 1. The number of ether oxygens (including phenoxy) is 1. The van der Waals surface area contributed by atoms with Gasteiger partial charge in [0, 0.05) is 24.3 Å². The van der Waals surface area contributed by atoms with Crippen LogP contribution in [-0.4, -0.2) is 36.1 Å². The highest BCUT2D eigenvalue weighted by Gasteiger charge is 2.08. The predicted molar refractivity (Wildman–Crippen MR) is 70.1 cm³/mol. The fourth-order valence-electron chi connectivity index (χ4n) is 1.68. The van der Waals surface area contributed by atoms with Gasteiger partial charge < -0.3 is 15.4 Å². The molecular weight excluding hydrogens is 214 g/mol. The van der Waals surface area contributed by atoms with E-state index in [2.05, 4.69) is 23.7 Å². The molecule has 0 radical (unpaired) electrons. The Morgan fingerprint density at radius 3 is 2.71 bits per heavy atom. The Balaban J connectivity index is 2.51. The largest absolute Gasteiger partial charge is 0.476 e. The summed E-state index contributed by atoms with van der Waals surface area (Å²) in [5.41, 5.74) is 6.83. The van der Waals surface area contributed by atoms with Crippen LogP contribution in [0.25, 0.3) is 0 Å². The van der Waals surface area contributed by atoms with Crippen molar-refractivity contribution in [3.05, 3.63) is 23.9 Å². The first-order valence-corrected chi connectivity index (χ1v) is 6.24. The predicted octanol–water partition coefficient (Wildman–Crippen LogP) is 1.82. The molecular formula is C13H23N3O. The third-order valence-corrected chi connectivity index (χ3v) is 2.83. The van der Waals surface area contributed by atoms with Crippen molar-refractivity contribution in [2.24, 2.45) is 5.73 Å². The van der Waals surface area contributed by atoms with Crippen LogP contribution in [0.15, 0.2) is 18.3 Å². The monoisotopic (exact) mass is 237 g/mol. The summed E-state index contributed by atoms with van der Waals surface area (Å²) < 4.78 is 5.70. The molecule has 0 aliphatic carbocycles. The Bertz CT molecular complexity index is 324. The fraction of sp³-hybridized carbons (Fsp3) is 0.615.